The second-order valence-electron chi connectivity index (χ2n) is 14.9. The van der Waals surface area contributed by atoms with Crippen molar-refractivity contribution >= 4 is 44.6 Å². The van der Waals surface area contributed by atoms with Crippen LogP contribution < -0.4 is 0 Å². The van der Waals surface area contributed by atoms with Gasteiger partial charge >= 0.3 is 22.4 Å². The molecular weight excluding hydrogens is 794 g/mol. The van der Waals surface area contributed by atoms with Crippen molar-refractivity contribution in [2.24, 2.45) is 0 Å². The minimum Gasteiger partial charge on any atom is -0.663 e. The maximum absolute atomic E-state index is 5.27. The van der Waals surface area contributed by atoms with Crippen LogP contribution in [0.1, 0.15) is 77.6 Å². The van der Waals surface area contributed by atoms with Gasteiger partial charge in [0.05, 0.1) is 4.70 Å². The van der Waals surface area contributed by atoms with Crippen LogP contribution in [0, 0.1) is 12.1 Å². The van der Waals surface area contributed by atoms with Gasteiger partial charge in [0.15, 0.2) is 0 Å². The van der Waals surface area contributed by atoms with Crippen molar-refractivity contribution in [1.82, 2.24) is 4.98 Å². The van der Waals surface area contributed by atoms with Crippen LogP contribution in [0.4, 0.5) is 11.4 Å². The number of hydrogen-bond donors (Lipinski definition) is 0. The first-order valence-corrected chi connectivity index (χ1v) is 17.6. The second kappa shape index (κ2) is 12.4. The molecule has 2 aromatic heterocycles. The van der Waals surface area contributed by atoms with Crippen molar-refractivity contribution in [3.8, 4) is 22.3 Å². The van der Waals surface area contributed by atoms with Crippen LogP contribution in [-0.2, 0) is 38.6 Å². The molecule has 0 saturated heterocycles. The van der Waals surface area contributed by atoms with E-state index in [1.807, 2.05) is 6.20 Å². The number of aromatic nitrogens is 1. The average molecular weight is 833 g/mol. The van der Waals surface area contributed by atoms with Gasteiger partial charge in [-0.1, -0.05) is 131 Å². The Kier molecular flexibility index (Phi) is 8.91. The van der Waals surface area contributed by atoms with E-state index in [0.29, 0.717) is 0 Å². The molecule has 0 saturated carbocycles. The van der Waals surface area contributed by atoms with Crippen molar-refractivity contribution in [2.45, 2.75) is 81.6 Å². The van der Waals surface area contributed by atoms with Crippen LogP contribution >= 0.6 is 23.1 Å². The van der Waals surface area contributed by atoms with E-state index in [0.717, 1.165) is 43.6 Å². The predicted octanol–water partition coefficient (Wildman–Crippen LogP) is 13.0. The summed E-state index contributed by atoms with van der Waals surface area (Å²) >= 11 is 3.44. The van der Waals surface area contributed by atoms with E-state index in [-0.39, 0.29) is 38.6 Å². The Hall–Kier alpha value is -3.12. The van der Waals surface area contributed by atoms with E-state index in [2.05, 4.69) is 152 Å². The van der Waals surface area contributed by atoms with Gasteiger partial charge in [-0.25, -0.2) is 10.5 Å². The summed E-state index contributed by atoms with van der Waals surface area (Å²) in [5.74, 6) is 0. The molecule has 5 heteroatoms. The Morgan fingerprint density at radius 1 is 0.745 bits per heavy atom. The maximum atomic E-state index is 5.27. The first-order valence-electron chi connectivity index (χ1n) is 15.9. The van der Waals surface area contributed by atoms with Crippen molar-refractivity contribution in [1.29, 1.82) is 0 Å². The Balaban J connectivity index is 0.00000386. The molecule has 0 N–H and O–H groups in total. The molecule has 47 heavy (non-hydrogen) atoms. The van der Waals surface area contributed by atoms with E-state index < -0.39 is 0 Å². The summed E-state index contributed by atoms with van der Waals surface area (Å²) in [5.41, 5.74) is 11.1. The summed E-state index contributed by atoms with van der Waals surface area (Å²) < 4.78 is 1.22. The van der Waals surface area contributed by atoms with Gasteiger partial charge in [0, 0.05) is 11.6 Å². The van der Waals surface area contributed by atoms with Crippen LogP contribution in [0.5, 0.6) is 0 Å². The van der Waals surface area contributed by atoms with Gasteiger partial charge in [0.1, 0.15) is 5.03 Å². The van der Waals surface area contributed by atoms with Gasteiger partial charge in [-0.3, -0.25) is 0 Å². The fraction of sp³-hybridized carbons (Fsp3) is 0.262. The number of pyridine rings is 1. The van der Waals surface area contributed by atoms with Gasteiger partial charge in [-0.15, -0.1) is 45.8 Å². The first kappa shape index (κ1) is 33.8. The average Bonchev–Trinajstić information content (AvgIpc) is 3.50. The van der Waals surface area contributed by atoms with Gasteiger partial charge in [-0.2, -0.15) is 35.5 Å². The van der Waals surface area contributed by atoms with Crippen molar-refractivity contribution in [2.75, 3.05) is 0 Å². The Labute approximate surface area is 304 Å². The summed E-state index contributed by atoms with van der Waals surface area (Å²) in [7, 11) is 0. The van der Waals surface area contributed by atoms with E-state index in [4.69, 9.17) is 10.3 Å². The number of para-hydroxylation sites is 2. The van der Waals surface area contributed by atoms with E-state index in [1.54, 1.807) is 23.1 Å². The number of rotatable bonds is 4. The van der Waals surface area contributed by atoms with E-state index in [9.17, 15) is 0 Å². The van der Waals surface area contributed by atoms with Gasteiger partial charge in [0.25, 0.3) is 0 Å². The molecule has 0 amide bonds. The molecule has 0 radical (unpaired) electrons. The van der Waals surface area contributed by atoms with Crippen LogP contribution in [0.3, 0.4) is 0 Å². The fourth-order valence-corrected chi connectivity index (χ4v) is 8.19. The van der Waals surface area contributed by atoms with Gasteiger partial charge in [-0.05, 0) is 33.7 Å². The largest absolute Gasteiger partial charge is 3.00 e. The number of nitrogens with zero attached hydrogens (tertiary/aromatic N) is 2. The molecule has 0 spiro atoms. The molecule has 0 atom stereocenters. The Bertz CT molecular complexity index is 2110. The van der Waals surface area contributed by atoms with Crippen molar-refractivity contribution in [3.63, 3.8) is 0 Å². The van der Waals surface area contributed by atoms with Crippen molar-refractivity contribution in [3.05, 3.63) is 130 Å². The third kappa shape index (κ3) is 6.39. The molecule has 3 heterocycles. The first-order chi connectivity index (χ1) is 21.8. The van der Waals surface area contributed by atoms with Crippen LogP contribution in [0.15, 0.2) is 100 Å². The molecule has 0 bridgehead atoms. The monoisotopic (exact) mass is 832 g/mol. The topological polar surface area (TPSA) is 27.0 Å². The zero-order chi connectivity index (χ0) is 32.4. The standard InChI is InChI=1S/C42H39N2S2.Au/c1-40(2,3)30-21-27(20-29(23-30)33-12-11-14-35-37(33)44-36-15-10-9-13-34(36)42(35,7)8)28-22-31(41(4,5)6)25-32(24-28)46-39-38-26(16-18-43-39)17-19-45-38;/h9-19,21-23,25H,1-8H3;/q-3;+3. The smallest absolute Gasteiger partial charge is 0.663 e. The van der Waals surface area contributed by atoms with E-state index >= 15 is 0 Å². The normalized spacial score (nSPS) is 13.8. The number of benzene rings is 4. The maximum Gasteiger partial charge on any atom is 3.00 e. The fourth-order valence-electron chi connectivity index (χ4n) is 6.27. The summed E-state index contributed by atoms with van der Waals surface area (Å²) in [6.45, 7) is 18.3. The Morgan fingerprint density at radius 3 is 2.15 bits per heavy atom. The molecule has 1 aliphatic heterocycles. The second-order valence-corrected chi connectivity index (χ2v) is 16.8. The quantitative estimate of drug-likeness (QED) is 0.131. The summed E-state index contributed by atoms with van der Waals surface area (Å²) in [5, 5.41) is 9.66. The van der Waals surface area contributed by atoms with E-state index in [1.165, 1.54) is 32.3 Å². The third-order valence-electron chi connectivity index (χ3n) is 9.09. The van der Waals surface area contributed by atoms with Crippen LogP contribution in [0.25, 0.3) is 37.7 Å². The molecule has 4 aromatic carbocycles. The van der Waals surface area contributed by atoms with Crippen molar-refractivity contribution < 1.29 is 22.4 Å². The summed E-state index contributed by atoms with van der Waals surface area (Å²) in [6, 6.07) is 36.3. The molecule has 0 fully saturated rings. The summed E-state index contributed by atoms with van der Waals surface area (Å²) in [4.78, 5) is 5.84. The predicted molar refractivity (Wildman–Crippen MR) is 197 cm³/mol. The third-order valence-corrected chi connectivity index (χ3v) is 11.1. The molecular formula is C42H39AuN2S2. The van der Waals surface area contributed by atoms with Gasteiger partial charge < -0.3 is 5.32 Å². The minimum atomic E-state index is -0.158. The molecule has 1 aliphatic rings. The molecule has 6 aromatic rings. The van der Waals surface area contributed by atoms with Gasteiger partial charge in [0.2, 0.25) is 0 Å². The number of thiophene rings is 1. The minimum absolute atomic E-state index is 0. The van der Waals surface area contributed by atoms with Crippen LogP contribution in [0.2, 0.25) is 0 Å². The molecule has 240 valence electrons. The zero-order valence-corrected chi connectivity index (χ0v) is 32.0. The SMILES string of the molecule is CC(C)(C)c1cc(Sc2nccc3ccsc23)[c-]c(-c2[c-]c(-c3cccc4c3[N-]c3ccccc3C4(C)C)cc(C(C)(C)C)c2)c1.[Au+3]. The number of hydrogen-bond acceptors (Lipinski definition) is 3. The Morgan fingerprint density at radius 2 is 1.40 bits per heavy atom. The molecule has 2 nitrogen and oxygen atoms in total. The molecule has 0 aliphatic carbocycles. The summed E-state index contributed by atoms with van der Waals surface area (Å²) in [6.07, 6.45) is 1.91. The van der Waals surface area contributed by atoms with Crippen LogP contribution in [-0.4, -0.2) is 4.98 Å². The molecule has 7 rings (SSSR count). The number of fused-ring (bicyclic) bond motifs is 3. The zero-order valence-electron chi connectivity index (χ0n) is 28.2. The molecule has 0 unspecified atom stereocenters.